The third kappa shape index (κ3) is 3.16. The fourth-order valence-electron chi connectivity index (χ4n) is 2.61. The van der Waals surface area contributed by atoms with Gasteiger partial charge in [0, 0.05) is 34.6 Å². The zero-order valence-corrected chi connectivity index (χ0v) is 14.1. The Morgan fingerprint density at radius 2 is 1.96 bits per heavy atom. The first-order chi connectivity index (χ1) is 11.6. The van der Waals surface area contributed by atoms with E-state index in [2.05, 4.69) is 4.98 Å². The van der Waals surface area contributed by atoms with Crippen LogP contribution in [0, 0.1) is 0 Å². The van der Waals surface area contributed by atoms with Gasteiger partial charge in [-0.15, -0.1) is 0 Å². The number of hydrogen-bond donors (Lipinski definition) is 1. The van der Waals surface area contributed by atoms with Crippen molar-refractivity contribution in [1.82, 2.24) is 9.55 Å². The van der Waals surface area contributed by atoms with Gasteiger partial charge in [-0.1, -0.05) is 11.6 Å². The fourth-order valence-corrected chi connectivity index (χ4v) is 2.78. The normalized spacial score (nSPS) is 10.6. The molecule has 0 radical (unpaired) electrons. The molecule has 0 bridgehead atoms. The molecule has 24 heavy (non-hydrogen) atoms. The number of methoxy groups -OCH3 is 2. The third-order valence-corrected chi connectivity index (χ3v) is 4.02. The molecule has 0 fully saturated rings. The van der Waals surface area contributed by atoms with Gasteiger partial charge in [-0.3, -0.25) is 0 Å². The van der Waals surface area contributed by atoms with E-state index in [-0.39, 0.29) is 5.75 Å². The van der Waals surface area contributed by atoms with E-state index in [0.717, 1.165) is 11.1 Å². The molecule has 1 aromatic heterocycles. The van der Waals surface area contributed by atoms with E-state index in [1.165, 1.54) is 0 Å². The van der Waals surface area contributed by atoms with E-state index < -0.39 is 0 Å². The summed E-state index contributed by atoms with van der Waals surface area (Å²) in [4.78, 5) is 4.07. The topological polar surface area (TPSA) is 56.5 Å². The molecule has 0 unspecified atom stereocenters. The number of phenolic OH excluding ortho intramolecular Hbond substituents is 1. The third-order valence-electron chi connectivity index (χ3n) is 3.79. The van der Waals surface area contributed by atoms with Crippen LogP contribution in [-0.4, -0.2) is 28.9 Å². The van der Waals surface area contributed by atoms with Crippen molar-refractivity contribution in [2.24, 2.45) is 0 Å². The van der Waals surface area contributed by atoms with E-state index in [1.54, 1.807) is 44.9 Å². The first-order valence-corrected chi connectivity index (χ1v) is 7.69. The standard InChI is InChI=1S/C18H17ClN2O3/c1-23-13-8-14(15-7-12(19)3-4-17(15)22)16(18(9-13)24-2)10-21-6-5-20-11-21/h3-9,11,22H,10H2,1-2H3. The van der Waals surface area contributed by atoms with Crippen LogP contribution >= 0.6 is 11.6 Å². The number of hydrogen-bond acceptors (Lipinski definition) is 4. The molecular formula is C18H17ClN2O3. The molecular weight excluding hydrogens is 328 g/mol. The highest BCUT2D eigenvalue weighted by Gasteiger charge is 2.17. The molecule has 3 aromatic rings. The maximum absolute atomic E-state index is 10.3. The van der Waals surface area contributed by atoms with Crippen molar-refractivity contribution in [2.75, 3.05) is 14.2 Å². The second-order valence-corrected chi connectivity index (χ2v) is 5.69. The molecule has 0 aliphatic carbocycles. The van der Waals surface area contributed by atoms with Crippen molar-refractivity contribution >= 4 is 11.6 Å². The van der Waals surface area contributed by atoms with Gasteiger partial charge in [0.05, 0.1) is 27.1 Å². The molecule has 0 aliphatic heterocycles. The van der Waals surface area contributed by atoms with Crippen LogP contribution in [0.5, 0.6) is 17.2 Å². The van der Waals surface area contributed by atoms with Crippen LogP contribution in [0.2, 0.25) is 5.02 Å². The summed E-state index contributed by atoms with van der Waals surface area (Å²) in [7, 11) is 3.19. The summed E-state index contributed by atoms with van der Waals surface area (Å²) in [6, 6.07) is 8.62. The van der Waals surface area contributed by atoms with Crippen LogP contribution in [0.1, 0.15) is 5.56 Å². The Kier molecular flexibility index (Phi) is 4.62. The minimum Gasteiger partial charge on any atom is -0.507 e. The summed E-state index contributed by atoms with van der Waals surface area (Å²) in [6.45, 7) is 0.536. The quantitative estimate of drug-likeness (QED) is 0.760. The second kappa shape index (κ2) is 6.84. The summed E-state index contributed by atoms with van der Waals surface area (Å²) in [6.07, 6.45) is 5.31. The number of phenols is 1. The predicted octanol–water partition coefficient (Wildman–Crippen LogP) is 3.97. The van der Waals surface area contributed by atoms with Gasteiger partial charge in [0.15, 0.2) is 0 Å². The number of ether oxygens (including phenoxy) is 2. The molecule has 0 atom stereocenters. The van der Waals surface area contributed by atoms with Gasteiger partial charge in [0.25, 0.3) is 0 Å². The SMILES string of the molecule is COc1cc(OC)c(Cn2ccnc2)c(-c2cc(Cl)ccc2O)c1. The summed E-state index contributed by atoms with van der Waals surface area (Å²) in [5.74, 6) is 1.44. The molecule has 6 heteroatoms. The molecule has 3 rings (SSSR count). The summed E-state index contributed by atoms with van der Waals surface area (Å²) < 4.78 is 12.8. The predicted molar refractivity (Wildman–Crippen MR) is 93.0 cm³/mol. The van der Waals surface area contributed by atoms with Gasteiger partial charge in [0.1, 0.15) is 17.2 Å². The van der Waals surface area contributed by atoms with Gasteiger partial charge in [-0.25, -0.2) is 4.98 Å². The maximum atomic E-state index is 10.3. The first-order valence-electron chi connectivity index (χ1n) is 7.32. The monoisotopic (exact) mass is 344 g/mol. The number of aromatic nitrogens is 2. The van der Waals surface area contributed by atoms with E-state index in [4.69, 9.17) is 21.1 Å². The Morgan fingerprint density at radius 3 is 2.62 bits per heavy atom. The minimum atomic E-state index is 0.140. The van der Waals surface area contributed by atoms with E-state index in [9.17, 15) is 5.11 Å². The Bertz CT molecular complexity index is 848. The largest absolute Gasteiger partial charge is 0.507 e. The van der Waals surface area contributed by atoms with Crippen molar-refractivity contribution in [2.45, 2.75) is 6.54 Å². The Labute approximate surface area is 145 Å². The fraction of sp³-hybridized carbons (Fsp3) is 0.167. The molecule has 1 N–H and O–H groups in total. The number of halogens is 1. The highest BCUT2D eigenvalue weighted by atomic mass is 35.5. The smallest absolute Gasteiger partial charge is 0.128 e. The van der Waals surface area contributed by atoms with Gasteiger partial charge in [0.2, 0.25) is 0 Å². The van der Waals surface area contributed by atoms with Gasteiger partial charge < -0.3 is 19.1 Å². The number of rotatable bonds is 5. The van der Waals surface area contributed by atoms with E-state index in [1.807, 2.05) is 22.9 Å². The average molecular weight is 345 g/mol. The van der Waals surface area contributed by atoms with E-state index >= 15 is 0 Å². The molecule has 0 spiro atoms. The van der Waals surface area contributed by atoms with Crippen LogP contribution in [0.25, 0.3) is 11.1 Å². The Morgan fingerprint density at radius 1 is 1.12 bits per heavy atom. The van der Waals surface area contributed by atoms with Gasteiger partial charge in [-0.05, 0) is 29.8 Å². The van der Waals surface area contributed by atoms with Crippen molar-refractivity contribution in [1.29, 1.82) is 0 Å². The van der Waals surface area contributed by atoms with Crippen molar-refractivity contribution in [3.63, 3.8) is 0 Å². The van der Waals surface area contributed by atoms with Gasteiger partial charge in [-0.2, -0.15) is 0 Å². The highest BCUT2D eigenvalue weighted by Crippen LogP contribution is 2.40. The lowest BCUT2D eigenvalue weighted by Gasteiger charge is -2.17. The molecule has 0 amide bonds. The van der Waals surface area contributed by atoms with Crippen molar-refractivity contribution in [3.05, 3.63) is 59.6 Å². The second-order valence-electron chi connectivity index (χ2n) is 5.25. The zero-order chi connectivity index (χ0) is 17.1. The number of nitrogens with zero attached hydrogens (tertiary/aromatic N) is 2. The zero-order valence-electron chi connectivity index (χ0n) is 13.4. The van der Waals surface area contributed by atoms with Crippen LogP contribution in [0.15, 0.2) is 49.1 Å². The summed E-state index contributed by atoms with van der Waals surface area (Å²) in [5, 5.41) is 10.8. The highest BCUT2D eigenvalue weighted by molar-refractivity contribution is 6.31. The molecule has 0 aliphatic rings. The minimum absolute atomic E-state index is 0.140. The van der Waals surface area contributed by atoms with Crippen molar-refractivity contribution in [3.8, 4) is 28.4 Å². The lowest BCUT2D eigenvalue weighted by molar-refractivity contribution is 0.390. The van der Waals surface area contributed by atoms with Crippen LogP contribution < -0.4 is 9.47 Å². The Balaban J connectivity index is 2.23. The Hall–Kier alpha value is -2.66. The van der Waals surface area contributed by atoms with Crippen LogP contribution in [0.4, 0.5) is 0 Å². The maximum Gasteiger partial charge on any atom is 0.128 e. The molecule has 1 heterocycles. The number of benzene rings is 2. The van der Waals surface area contributed by atoms with Crippen LogP contribution in [-0.2, 0) is 6.54 Å². The van der Waals surface area contributed by atoms with Crippen LogP contribution in [0.3, 0.4) is 0 Å². The number of imidazole rings is 1. The summed E-state index contributed by atoms with van der Waals surface area (Å²) in [5.41, 5.74) is 2.31. The molecule has 124 valence electrons. The summed E-state index contributed by atoms with van der Waals surface area (Å²) >= 11 is 6.12. The first kappa shape index (κ1) is 16.2. The molecule has 0 saturated carbocycles. The molecule has 5 nitrogen and oxygen atoms in total. The number of aromatic hydroxyl groups is 1. The van der Waals surface area contributed by atoms with Gasteiger partial charge >= 0.3 is 0 Å². The molecule has 0 saturated heterocycles. The lowest BCUT2D eigenvalue weighted by Crippen LogP contribution is -2.03. The molecule has 2 aromatic carbocycles. The lowest BCUT2D eigenvalue weighted by atomic mass is 9.97. The van der Waals surface area contributed by atoms with E-state index in [0.29, 0.717) is 28.6 Å². The van der Waals surface area contributed by atoms with Crippen molar-refractivity contribution < 1.29 is 14.6 Å². The average Bonchev–Trinajstić information content (AvgIpc) is 3.10.